The normalized spacial score (nSPS) is 9.29. The van der Waals surface area contributed by atoms with Crippen LogP contribution in [0.3, 0.4) is 0 Å². The quantitative estimate of drug-likeness (QED) is 0.671. The van der Waals surface area contributed by atoms with Gasteiger partial charge in [0.15, 0.2) is 0 Å². The Morgan fingerprint density at radius 3 is 2.57 bits per heavy atom. The van der Waals surface area contributed by atoms with Crippen molar-refractivity contribution in [3.05, 3.63) is 34.9 Å². The van der Waals surface area contributed by atoms with Crippen LogP contribution in [0.2, 0.25) is 0 Å². The topological polar surface area (TPSA) is 44.1 Å². The van der Waals surface area contributed by atoms with Gasteiger partial charge in [0.1, 0.15) is 0 Å². The Morgan fingerprint density at radius 2 is 2.07 bits per heavy atom. The fraction of sp³-hybridized carbons (Fsp3) is 0.273. The number of carbonyl (C=O) groups is 1. The van der Waals surface area contributed by atoms with Gasteiger partial charge in [-0.2, -0.15) is 5.26 Å². The average Bonchev–Trinajstić information content (AvgIpc) is 2.17. The lowest BCUT2D eigenvalue weighted by atomic mass is 10.0. The van der Waals surface area contributed by atoms with Crippen LogP contribution in [-0.2, 0) is 0 Å². The molecule has 0 fully saturated rings. The zero-order valence-electron chi connectivity index (χ0n) is 8.53. The molecule has 0 aliphatic carbocycles. The summed E-state index contributed by atoms with van der Waals surface area (Å²) < 4.78 is 0. The first-order valence-electron chi connectivity index (χ1n) is 4.28. The lowest BCUT2D eigenvalue weighted by Gasteiger charge is -2.12. The summed E-state index contributed by atoms with van der Waals surface area (Å²) in [6.07, 6.45) is 0. The number of aryl methyl sites for hydroxylation is 1. The molecule has 0 unspecified atom stereocenters. The van der Waals surface area contributed by atoms with Gasteiger partial charge in [0.05, 0.1) is 11.6 Å². The van der Waals surface area contributed by atoms with Gasteiger partial charge < -0.3 is 4.90 Å². The van der Waals surface area contributed by atoms with E-state index in [1.807, 2.05) is 13.0 Å². The second kappa shape index (κ2) is 3.93. The molecule has 1 aromatic rings. The van der Waals surface area contributed by atoms with Crippen LogP contribution in [0.1, 0.15) is 21.5 Å². The molecule has 3 heteroatoms. The molecule has 1 rings (SSSR count). The zero-order chi connectivity index (χ0) is 10.7. The highest BCUT2D eigenvalue weighted by atomic mass is 16.2. The Balaban J connectivity index is 3.21. The molecule has 0 bridgehead atoms. The first-order valence-corrected chi connectivity index (χ1v) is 4.28. The van der Waals surface area contributed by atoms with Gasteiger partial charge in [0, 0.05) is 19.7 Å². The van der Waals surface area contributed by atoms with Crippen molar-refractivity contribution in [2.75, 3.05) is 14.1 Å². The maximum absolute atomic E-state index is 11.6. The highest BCUT2D eigenvalue weighted by molar-refractivity contribution is 5.95. The highest BCUT2D eigenvalue weighted by Gasteiger charge is 2.11. The lowest BCUT2D eigenvalue weighted by molar-refractivity contribution is 0.0827. The van der Waals surface area contributed by atoms with Crippen LogP contribution in [0.25, 0.3) is 0 Å². The fourth-order valence-electron chi connectivity index (χ4n) is 1.16. The molecule has 0 atom stereocenters. The predicted octanol–water partition coefficient (Wildman–Crippen LogP) is 1.57. The molecule has 0 aliphatic heterocycles. The van der Waals surface area contributed by atoms with Gasteiger partial charge in [-0.3, -0.25) is 4.79 Å². The molecule has 0 aliphatic rings. The predicted molar refractivity (Wildman–Crippen MR) is 53.9 cm³/mol. The third-order valence-electron chi connectivity index (χ3n) is 2.00. The molecule has 1 aromatic carbocycles. The van der Waals surface area contributed by atoms with E-state index in [2.05, 4.69) is 0 Å². The lowest BCUT2D eigenvalue weighted by Crippen LogP contribution is -2.22. The molecule has 0 N–H and O–H groups in total. The summed E-state index contributed by atoms with van der Waals surface area (Å²) in [6, 6.07) is 7.14. The molecule has 72 valence electrons. The first kappa shape index (κ1) is 10.3. The number of nitriles is 1. The number of rotatable bonds is 1. The van der Waals surface area contributed by atoms with Gasteiger partial charge in [-0.1, -0.05) is 6.07 Å². The fourth-order valence-corrected chi connectivity index (χ4v) is 1.16. The molecule has 14 heavy (non-hydrogen) atoms. The van der Waals surface area contributed by atoms with Gasteiger partial charge in [0.2, 0.25) is 0 Å². The van der Waals surface area contributed by atoms with Crippen LogP contribution >= 0.6 is 0 Å². The smallest absolute Gasteiger partial charge is 0.253 e. The number of hydrogen-bond acceptors (Lipinski definition) is 2. The molecule has 1 amide bonds. The SMILES string of the molecule is Cc1ccc(C#N)cc1C(=O)N(C)C. The van der Waals surface area contributed by atoms with E-state index in [9.17, 15) is 4.79 Å². The largest absolute Gasteiger partial charge is 0.345 e. The molecule has 0 spiro atoms. The minimum Gasteiger partial charge on any atom is -0.345 e. The van der Waals surface area contributed by atoms with E-state index in [0.29, 0.717) is 11.1 Å². The number of nitrogens with zero attached hydrogens (tertiary/aromatic N) is 2. The molecular weight excluding hydrogens is 176 g/mol. The maximum Gasteiger partial charge on any atom is 0.253 e. The number of hydrogen-bond donors (Lipinski definition) is 0. The summed E-state index contributed by atoms with van der Waals surface area (Å²) >= 11 is 0. The van der Waals surface area contributed by atoms with Crippen LogP contribution in [0, 0.1) is 18.3 Å². The second-order valence-electron chi connectivity index (χ2n) is 3.34. The van der Waals surface area contributed by atoms with Crippen molar-refractivity contribution in [2.24, 2.45) is 0 Å². The van der Waals surface area contributed by atoms with Crippen molar-refractivity contribution in [1.82, 2.24) is 4.90 Å². The Kier molecular flexibility index (Phi) is 2.88. The van der Waals surface area contributed by atoms with Gasteiger partial charge >= 0.3 is 0 Å². The average molecular weight is 188 g/mol. The Labute approximate surface area is 83.6 Å². The van der Waals surface area contributed by atoms with E-state index >= 15 is 0 Å². The first-order chi connectivity index (χ1) is 6.56. The minimum absolute atomic E-state index is 0.0698. The third-order valence-corrected chi connectivity index (χ3v) is 2.00. The minimum atomic E-state index is -0.0698. The maximum atomic E-state index is 11.6. The van der Waals surface area contributed by atoms with Crippen LogP contribution in [-0.4, -0.2) is 24.9 Å². The summed E-state index contributed by atoms with van der Waals surface area (Å²) in [6.45, 7) is 1.86. The summed E-state index contributed by atoms with van der Waals surface area (Å²) in [7, 11) is 3.39. The molecule has 0 heterocycles. The van der Waals surface area contributed by atoms with Gasteiger partial charge in [-0.25, -0.2) is 0 Å². The number of carbonyl (C=O) groups excluding carboxylic acids is 1. The van der Waals surface area contributed by atoms with Crippen molar-refractivity contribution in [3.63, 3.8) is 0 Å². The standard InChI is InChI=1S/C11H12N2O/c1-8-4-5-9(7-12)6-10(8)11(14)13(2)3/h4-6H,1-3H3. The summed E-state index contributed by atoms with van der Waals surface area (Å²) in [5.74, 6) is -0.0698. The monoisotopic (exact) mass is 188 g/mol. The van der Waals surface area contributed by atoms with Crippen molar-refractivity contribution >= 4 is 5.91 Å². The highest BCUT2D eigenvalue weighted by Crippen LogP contribution is 2.12. The van der Waals surface area contributed by atoms with Crippen molar-refractivity contribution in [1.29, 1.82) is 5.26 Å². The van der Waals surface area contributed by atoms with Crippen LogP contribution in [0.4, 0.5) is 0 Å². The van der Waals surface area contributed by atoms with Crippen LogP contribution in [0.5, 0.6) is 0 Å². The third kappa shape index (κ3) is 1.91. The van der Waals surface area contributed by atoms with Gasteiger partial charge in [0.25, 0.3) is 5.91 Å². The molecule has 3 nitrogen and oxygen atoms in total. The van der Waals surface area contributed by atoms with Crippen LogP contribution in [0.15, 0.2) is 18.2 Å². The van der Waals surface area contributed by atoms with E-state index in [1.54, 1.807) is 32.3 Å². The summed E-state index contributed by atoms with van der Waals surface area (Å²) in [5.41, 5.74) is 2.00. The number of benzene rings is 1. The molecule has 0 saturated heterocycles. The van der Waals surface area contributed by atoms with Crippen LogP contribution < -0.4 is 0 Å². The second-order valence-corrected chi connectivity index (χ2v) is 3.34. The Hall–Kier alpha value is -1.82. The summed E-state index contributed by atoms with van der Waals surface area (Å²) in [4.78, 5) is 13.2. The molecule has 0 radical (unpaired) electrons. The Morgan fingerprint density at radius 1 is 1.43 bits per heavy atom. The van der Waals surface area contributed by atoms with Crippen molar-refractivity contribution in [3.8, 4) is 6.07 Å². The zero-order valence-corrected chi connectivity index (χ0v) is 8.53. The molecular formula is C11H12N2O. The van der Waals surface area contributed by atoms with Gasteiger partial charge in [-0.15, -0.1) is 0 Å². The van der Waals surface area contributed by atoms with E-state index in [0.717, 1.165) is 5.56 Å². The van der Waals surface area contributed by atoms with E-state index < -0.39 is 0 Å². The van der Waals surface area contributed by atoms with E-state index in [-0.39, 0.29) is 5.91 Å². The van der Waals surface area contributed by atoms with E-state index in [4.69, 9.17) is 5.26 Å². The van der Waals surface area contributed by atoms with Gasteiger partial charge in [-0.05, 0) is 24.6 Å². The van der Waals surface area contributed by atoms with Crippen molar-refractivity contribution in [2.45, 2.75) is 6.92 Å². The Bertz CT molecular complexity index is 402. The summed E-state index contributed by atoms with van der Waals surface area (Å²) in [5, 5.41) is 8.70. The number of amides is 1. The molecule has 0 saturated carbocycles. The van der Waals surface area contributed by atoms with Crippen molar-refractivity contribution < 1.29 is 4.79 Å². The molecule has 0 aromatic heterocycles. The van der Waals surface area contributed by atoms with E-state index in [1.165, 1.54) is 4.90 Å².